The van der Waals surface area contributed by atoms with Gasteiger partial charge in [-0.15, -0.1) is 0 Å². The van der Waals surface area contributed by atoms with Gasteiger partial charge in [-0.05, 0) is 61.9 Å². The van der Waals surface area contributed by atoms with E-state index >= 15 is 0 Å². The number of aliphatic imine (C=N–C) groups is 1. The number of nitriles is 1. The van der Waals surface area contributed by atoms with E-state index in [4.69, 9.17) is 5.26 Å². The first-order chi connectivity index (χ1) is 16.6. The number of ketones is 1. The minimum atomic E-state index is -3.50. The summed E-state index contributed by atoms with van der Waals surface area (Å²) in [6, 6.07) is 14.7. The second kappa shape index (κ2) is 9.72. The maximum absolute atomic E-state index is 13.0. The lowest BCUT2D eigenvalue weighted by molar-refractivity contribution is -0.125. The van der Waals surface area contributed by atoms with Crippen molar-refractivity contribution in [1.29, 1.82) is 5.26 Å². The van der Waals surface area contributed by atoms with Crippen molar-refractivity contribution < 1.29 is 18.0 Å². The number of rotatable bonds is 7. The minimum absolute atomic E-state index is 0.0193. The van der Waals surface area contributed by atoms with Crippen LogP contribution in [0.5, 0.6) is 0 Å². The molecule has 1 fully saturated rings. The first-order valence-electron chi connectivity index (χ1n) is 11.6. The highest BCUT2D eigenvalue weighted by Crippen LogP contribution is 2.32. The summed E-state index contributed by atoms with van der Waals surface area (Å²) in [7, 11) is -3.50. The van der Waals surface area contributed by atoms with Gasteiger partial charge in [-0.1, -0.05) is 30.3 Å². The standard InChI is InChI=1S/C26H28N4O4S/c1-18-14-20(15-19(2)31)6-7-22(18)8-13-35(33,34)30-11-9-26(10-12-30)25(32)28-24(29-26)23-5-3-4-21(16-23)17-27/h3-7,14,16H,8-13,15H2,1-2H3,(H,28,29,32). The number of carbonyl (C=O) groups is 2. The van der Waals surface area contributed by atoms with Gasteiger partial charge in [0.05, 0.1) is 17.4 Å². The molecular formula is C26H28N4O4S. The van der Waals surface area contributed by atoms with Crippen LogP contribution in [0.15, 0.2) is 47.5 Å². The Kier molecular flexibility index (Phi) is 6.88. The average molecular weight is 493 g/mol. The van der Waals surface area contributed by atoms with Gasteiger partial charge in [0, 0.05) is 25.1 Å². The van der Waals surface area contributed by atoms with E-state index in [1.807, 2.05) is 25.1 Å². The van der Waals surface area contributed by atoms with Crippen LogP contribution in [-0.4, -0.2) is 54.6 Å². The van der Waals surface area contributed by atoms with Gasteiger partial charge < -0.3 is 5.32 Å². The van der Waals surface area contributed by atoms with Crippen LogP contribution in [-0.2, 0) is 32.5 Å². The smallest absolute Gasteiger partial charge is 0.253 e. The summed E-state index contributed by atoms with van der Waals surface area (Å²) in [4.78, 5) is 28.8. The number of amides is 1. The van der Waals surface area contributed by atoms with Gasteiger partial charge >= 0.3 is 0 Å². The Labute approximate surface area is 205 Å². The molecule has 1 N–H and O–H groups in total. The van der Waals surface area contributed by atoms with Crippen molar-refractivity contribution in [2.24, 2.45) is 4.99 Å². The van der Waals surface area contributed by atoms with Gasteiger partial charge in [0.1, 0.15) is 17.2 Å². The van der Waals surface area contributed by atoms with Crippen LogP contribution in [0.25, 0.3) is 0 Å². The number of piperidine rings is 1. The van der Waals surface area contributed by atoms with Crippen molar-refractivity contribution >= 4 is 27.5 Å². The molecule has 2 aliphatic rings. The first-order valence-corrected chi connectivity index (χ1v) is 13.2. The zero-order chi connectivity index (χ0) is 25.2. The Morgan fingerprint density at radius 3 is 2.60 bits per heavy atom. The predicted octanol–water partition coefficient (Wildman–Crippen LogP) is 2.28. The third kappa shape index (κ3) is 5.34. The zero-order valence-corrected chi connectivity index (χ0v) is 20.7. The number of benzene rings is 2. The van der Waals surface area contributed by atoms with E-state index in [0.29, 0.717) is 42.6 Å². The second-order valence-electron chi connectivity index (χ2n) is 9.24. The fourth-order valence-electron chi connectivity index (χ4n) is 4.67. The lowest BCUT2D eigenvalue weighted by Gasteiger charge is -2.34. The lowest BCUT2D eigenvalue weighted by atomic mass is 9.89. The topological polar surface area (TPSA) is 120 Å². The molecule has 0 unspecified atom stereocenters. The summed E-state index contributed by atoms with van der Waals surface area (Å²) in [5.74, 6) is 0.264. The molecule has 4 rings (SSSR count). The van der Waals surface area contributed by atoms with Crippen LogP contribution in [0.1, 0.15) is 47.6 Å². The van der Waals surface area contributed by atoms with Crippen LogP contribution in [0, 0.1) is 18.3 Å². The van der Waals surface area contributed by atoms with Gasteiger partial charge in [0.2, 0.25) is 10.0 Å². The Morgan fingerprint density at radius 2 is 1.94 bits per heavy atom. The molecular weight excluding hydrogens is 464 g/mol. The molecule has 1 saturated heterocycles. The number of amidine groups is 1. The SMILES string of the molecule is CC(=O)Cc1ccc(CCS(=O)(=O)N2CCC3(CC2)N=C(c2cccc(C#N)c2)NC3=O)c(C)c1. The van der Waals surface area contributed by atoms with Gasteiger partial charge in [-0.25, -0.2) is 12.7 Å². The van der Waals surface area contributed by atoms with Crippen molar-refractivity contribution in [2.45, 2.75) is 45.1 Å². The summed E-state index contributed by atoms with van der Waals surface area (Å²) in [5, 5.41) is 11.9. The van der Waals surface area contributed by atoms with E-state index in [2.05, 4.69) is 16.4 Å². The van der Waals surface area contributed by atoms with Gasteiger partial charge in [-0.3, -0.25) is 14.6 Å². The van der Waals surface area contributed by atoms with Gasteiger partial charge in [-0.2, -0.15) is 5.26 Å². The van der Waals surface area contributed by atoms with E-state index in [9.17, 15) is 18.0 Å². The Morgan fingerprint density at radius 1 is 1.20 bits per heavy atom. The molecule has 1 amide bonds. The van der Waals surface area contributed by atoms with Crippen LogP contribution in [0.2, 0.25) is 0 Å². The molecule has 9 heteroatoms. The number of hydrogen-bond donors (Lipinski definition) is 1. The second-order valence-corrected chi connectivity index (χ2v) is 11.3. The molecule has 2 aliphatic heterocycles. The fraction of sp³-hybridized carbons (Fsp3) is 0.385. The molecule has 0 radical (unpaired) electrons. The van der Waals surface area contributed by atoms with Crippen molar-refractivity contribution in [3.63, 3.8) is 0 Å². The zero-order valence-electron chi connectivity index (χ0n) is 19.9. The molecule has 0 bridgehead atoms. The molecule has 182 valence electrons. The summed E-state index contributed by atoms with van der Waals surface area (Å²) in [6.45, 7) is 3.92. The number of hydrogen-bond acceptors (Lipinski definition) is 6. The predicted molar refractivity (Wildman–Crippen MR) is 132 cm³/mol. The third-order valence-corrected chi connectivity index (χ3v) is 8.55. The highest BCUT2D eigenvalue weighted by atomic mass is 32.2. The van der Waals surface area contributed by atoms with E-state index in [-0.39, 0.29) is 30.5 Å². The van der Waals surface area contributed by atoms with Crippen molar-refractivity contribution in [3.05, 3.63) is 70.3 Å². The summed E-state index contributed by atoms with van der Waals surface area (Å²) in [6.07, 6.45) is 1.36. The molecule has 0 aliphatic carbocycles. The average Bonchev–Trinajstić information content (AvgIpc) is 3.14. The minimum Gasteiger partial charge on any atom is -0.308 e. The number of Topliss-reactive ketones (excluding diaryl/α,β-unsaturated/α-hetero) is 1. The quantitative estimate of drug-likeness (QED) is 0.636. The Hall–Kier alpha value is -3.35. The lowest BCUT2D eigenvalue weighted by Crippen LogP contribution is -2.50. The number of aryl methyl sites for hydroxylation is 2. The Balaban J connectivity index is 1.40. The highest BCUT2D eigenvalue weighted by molar-refractivity contribution is 7.89. The monoisotopic (exact) mass is 492 g/mol. The van der Waals surface area contributed by atoms with Gasteiger partial charge in [0.15, 0.2) is 0 Å². The number of carbonyl (C=O) groups excluding carboxylic acids is 2. The summed E-state index contributed by atoms with van der Waals surface area (Å²) >= 11 is 0. The van der Waals surface area contributed by atoms with E-state index in [0.717, 1.165) is 16.7 Å². The number of nitrogens with zero attached hydrogens (tertiary/aromatic N) is 3. The molecule has 0 aromatic heterocycles. The van der Waals surface area contributed by atoms with Crippen LogP contribution in [0.4, 0.5) is 0 Å². The van der Waals surface area contributed by atoms with Crippen LogP contribution in [0.3, 0.4) is 0 Å². The van der Waals surface area contributed by atoms with Crippen molar-refractivity contribution in [1.82, 2.24) is 9.62 Å². The largest absolute Gasteiger partial charge is 0.308 e. The highest BCUT2D eigenvalue weighted by Gasteiger charge is 2.47. The van der Waals surface area contributed by atoms with E-state index in [1.54, 1.807) is 31.2 Å². The van der Waals surface area contributed by atoms with Crippen molar-refractivity contribution in [3.8, 4) is 6.07 Å². The van der Waals surface area contributed by atoms with Crippen LogP contribution < -0.4 is 5.32 Å². The third-order valence-electron chi connectivity index (χ3n) is 6.68. The normalized spacial score (nSPS) is 17.6. The number of sulfonamides is 1. The van der Waals surface area contributed by atoms with Gasteiger partial charge in [0.25, 0.3) is 5.91 Å². The maximum atomic E-state index is 13.0. The molecule has 0 saturated carbocycles. The van der Waals surface area contributed by atoms with E-state index < -0.39 is 15.6 Å². The molecule has 8 nitrogen and oxygen atoms in total. The molecule has 2 aromatic carbocycles. The van der Waals surface area contributed by atoms with Crippen LogP contribution >= 0.6 is 0 Å². The number of nitrogens with one attached hydrogen (secondary N) is 1. The van der Waals surface area contributed by atoms with E-state index in [1.165, 1.54) is 4.31 Å². The molecule has 2 heterocycles. The molecule has 2 aromatic rings. The maximum Gasteiger partial charge on any atom is 0.253 e. The fourth-order valence-corrected chi connectivity index (χ4v) is 6.14. The first kappa shape index (κ1) is 24.8. The molecule has 0 atom stereocenters. The Bertz CT molecular complexity index is 1350. The molecule has 35 heavy (non-hydrogen) atoms. The summed E-state index contributed by atoms with van der Waals surface area (Å²) in [5.41, 5.74) is 3.00. The van der Waals surface area contributed by atoms with Crippen molar-refractivity contribution in [2.75, 3.05) is 18.8 Å². The molecule has 1 spiro atoms. The summed E-state index contributed by atoms with van der Waals surface area (Å²) < 4.78 is 27.5.